The zero-order valence-electron chi connectivity index (χ0n) is 16.8. The maximum atomic E-state index is 13.1. The maximum absolute atomic E-state index is 13.1. The van der Waals surface area contributed by atoms with Gasteiger partial charge in [0.25, 0.3) is 0 Å². The molecule has 152 valence electrons. The van der Waals surface area contributed by atoms with E-state index in [0.29, 0.717) is 5.82 Å². The molecule has 0 atom stereocenters. The molecule has 1 N–H and O–H groups in total. The Morgan fingerprint density at radius 3 is 2.52 bits per heavy atom. The van der Waals surface area contributed by atoms with Crippen molar-refractivity contribution in [3.63, 3.8) is 0 Å². The van der Waals surface area contributed by atoms with Gasteiger partial charge in [-0.05, 0) is 68.0 Å². The van der Waals surface area contributed by atoms with Crippen molar-refractivity contribution in [1.29, 1.82) is 0 Å². The van der Waals surface area contributed by atoms with Crippen LogP contribution in [0.4, 0.5) is 10.2 Å². The summed E-state index contributed by atoms with van der Waals surface area (Å²) in [6, 6.07) is 12.4. The number of nitrogens with zero attached hydrogens (tertiary/aromatic N) is 3. The summed E-state index contributed by atoms with van der Waals surface area (Å²) in [6.45, 7) is 8.41. The van der Waals surface area contributed by atoms with Crippen molar-refractivity contribution in [2.45, 2.75) is 20.3 Å². The molecular formula is C23H26BrFN4. The topological polar surface area (TPSA) is 41.0 Å². The van der Waals surface area contributed by atoms with Crippen molar-refractivity contribution < 1.29 is 4.39 Å². The summed E-state index contributed by atoms with van der Waals surface area (Å²) in [5.74, 6) is 1.20. The summed E-state index contributed by atoms with van der Waals surface area (Å²) in [5.41, 5.74) is 1.79. The van der Waals surface area contributed by atoms with Crippen LogP contribution in [0.1, 0.15) is 31.7 Å². The number of benzene rings is 2. The minimum Gasteiger partial charge on any atom is -0.369 e. The van der Waals surface area contributed by atoms with E-state index >= 15 is 0 Å². The number of hydrogen-bond acceptors (Lipinski definition) is 4. The normalized spacial score (nSPS) is 11.6. The van der Waals surface area contributed by atoms with E-state index in [4.69, 9.17) is 4.98 Å². The SMILES string of the molecule is CCN(CC)CCCNc1nc(C=Cc2ccc(F)cc2)nc2ccc(Br)cc12. The Bertz CT molecular complexity index is 969. The maximum Gasteiger partial charge on any atom is 0.154 e. The monoisotopic (exact) mass is 456 g/mol. The van der Waals surface area contributed by atoms with Crippen molar-refractivity contribution in [2.24, 2.45) is 0 Å². The van der Waals surface area contributed by atoms with Crippen molar-refractivity contribution in [2.75, 3.05) is 31.5 Å². The second-order valence-electron chi connectivity index (χ2n) is 6.78. The highest BCUT2D eigenvalue weighted by Crippen LogP contribution is 2.25. The van der Waals surface area contributed by atoms with Crippen LogP contribution in [0.2, 0.25) is 0 Å². The van der Waals surface area contributed by atoms with E-state index in [2.05, 4.69) is 45.0 Å². The largest absolute Gasteiger partial charge is 0.369 e. The summed E-state index contributed by atoms with van der Waals surface area (Å²) < 4.78 is 14.1. The van der Waals surface area contributed by atoms with Gasteiger partial charge in [-0.3, -0.25) is 0 Å². The Balaban J connectivity index is 1.80. The van der Waals surface area contributed by atoms with Gasteiger partial charge in [0.05, 0.1) is 5.52 Å². The highest BCUT2D eigenvalue weighted by atomic mass is 79.9. The van der Waals surface area contributed by atoms with Gasteiger partial charge in [0.1, 0.15) is 11.6 Å². The molecule has 1 heterocycles. The fourth-order valence-corrected chi connectivity index (χ4v) is 3.48. The molecule has 0 aliphatic rings. The standard InChI is InChI=1S/C23H26BrFN4/c1-3-29(4-2)15-5-14-26-23-20-16-18(24)9-12-21(20)27-22(28-23)13-8-17-6-10-19(25)11-7-17/h6-13,16H,3-5,14-15H2,1-2H3,(H,26,27,28). The quantitative estimate of drug-likeness (QED) is 0.410. The lowest BCUT2D eigenvalue weighted by atomic mass is 10.2. The van der Waals surface area contributed by atoms with E-state index in [1.165, 1.54) is 12.1 Å². The molecule has 0 spiro atoms. The summed E-state index contributed by atoms with van der Waals surface area (Å²) >= 11 is 3.54. The van der Waals surface area contributed by atoms with Crippen LogP contribution in [-0.4, -0.2) is 41.0 Å². The Morgan fingerprint density at radius 1 is 1.03 bits per heavy atom. The molecule has 0 bridgehead atoms. The highest BCUT2D eigenvalue weighted by Gasteiger charge is 2.07. The molecule has 3 aromatic rings. The summed E-state index contributed by atoms with van der Waals surface area (Å²) in [6.07, 6.45) is 4.79. The van der Waals surface area contributed by atoms with Gasteiger partial charge in [-0.15, -0.1) is 0 Å². The minimum atomic E-state index is -0.245. The Labute approximate surface area is 180 Å². The van der Waals surface area contributed by atoms with Crippen LogP contribution in [0.25, 0.3) is 23.1 Å². The molecule has 0 aliphatic heterocycles. The zero-order valence-corrected chi connectivity index (χ0v) is 18.4. The summed E-state index contributed by atoms with van der Waals surface area (Å²) in [4.78, 5) is 11.8. The molecule has 0 saturated heterocycles. The van der Waals surface area contributed by atoms with Crippen molar-refractivity contribution in [3.05, 3.63) is 64.1 Å². The Morgan fingerprint density at radius 2 is 1.79 bits per heavy atom. The van der Waals surface area contributed by atoms with Gasteiger partial charge < -0.3 is 10.2 Å². The first-order valence-corrected chi connectivity index (χ1v) is 10.8. The molecule has 0 aliphatic carbocycles. The number of fused-ring (bicyclic) bond motifs is 1. The Hall–Kier alpha value is -2.31. The molecule has 0 fully saturated rings. The first kappa shape index (κ1) is 21.4. The first-order chi connectivity index (χ1) is 14.1. The molecule has 0 unspecified atom stereocenters. The summed E-state index contributed by atoms with van der Waals surface area (Å²) in [7, 11) is 0. The van der Waals surface area contributed by atoms with Crippen molar-refractivity contribution in [1.82, 2.24) is 14.9 Å². The van der Waals surface area contributed by atoms with Gasteiger partial charge in [-0.25, -0.2) is 14.4 Å². The molecule has 6 heteroatoms. The van der Waals surface area contributed by atoms with E-state index in [9.17, 15) is 4.39 Å². The molecule has 1 aromatic heterocycles. The highest BCUT2D eigenvalue weighted by molar-refractivity contribution is 9.10. The van der Waals surface area contributed by atoms with Gasteiger partial charge in [-0.1, -0.05) is 48.0 Å². The van der Waals surface area contributed by atoms with E-state index in [1.54, 1.807) is 12.1 Å². The smallest absolute Gasteiger partial charge is 0.154 e. The molecular weight excluding hydrogens is 431 g/mol. The second kappa shape index (κ2) is 10.5. The third-order valence-electron chi connectivity index (χ3n) is 4.81. The zero-order chi connectivity index (χ0) is 20.6. The molecule has 0 amide bonds. The van der Waals surface area contributed by atoms with Crippen LogP contribution in [0, 0.1) is 5.82 Å². The molecule has 0 radical (unpaired) electrons. The fourth-order valence-electron chi connectivity index (χ4n) is 3.12. The van der Waals surface area contributed by atoms with E-state index < -0.39 is 0 Å². The number of rotatable bonds is 9. The van der Waals surface area contributed by atoms with Crippen LogP contribution >= 0.6 is 15.9 Å². The molecule has 0 saturated carbocycles. The number of halogens is 2. The average Bonchev–Trinajstić information content (AvgIpc) is 2.73. The van der Waals surface area contributed by atoms with E-state index in [-0.39, 0.29) is 5.82 Å². The van der Waals surface area contributed by atoms with E-state index in [1.807, 2.05) is 30.4 Å². The molecule has 3 rings (SSSR count). The predicted octanol–water partition coefficient (Wildman–Crippen LogP) is 5.85. The molecule has 29 heavy (non-hydrogen) atoms. The van der Waals surface area contributed by atoms with Gasteiger partial charge in [0, 0.05) is 16.4 Å². The number of aromatic nitrogens is 2. The number of anilines is 1. The van der Waals surface area contributed by atoms with Crippen LogP contribution in [0.15, 0.2) is 46.9 Å². The lowest BCUT2D eigenvalue weighted by Gasteiger charge is -2.18. The first-order valence-electron chi connectivity index (χ1n) is 9.96. The number of hydrogen-bond donors (Lipinski definition) is 1. The molecule has 2 aromatic carbocycles. The predicted molar refractivity (Wildman–Crippen MR) is 123 cm³/mol. The van der Waals surface area contributed by atoms with E-state index in [0.717, 1.165) is 59.4 Å². The van der Waals surface area contributed by atoms with Gasteiger partial charge in [-0.2, -0.15) is 0 Å². The second-order valence-corrected chi connectivity index (χ2v) is 7.70. The van der Waals surface area contributed by atoms with Crippen LogP contribution in [-0.2, 0) is 0 Å². The third-order valence-corrected chi connectivity index (χ3v) is 5.30. The fraction of sp³-hybridized carbons (Fsp3) is 0.304. The van der Waals surface area contributed by atoms with Crippen molar-refractivity contribution >= 4 is 44.8 Å². The van der Waals surface area contributed by atoms with Crippen LogP contribution < -0.4 is 5.32 Å². The number of nitrogens with one attached hydrogen (secondary N) is 1. The van der Waals surface area contributed by atoms with Gasteiger partial charge >= 0.3 is 0 Å². The van der Waals surface area contributed by atoms with Crippen LogP contribution in [0.3, 0.4) is 0 Å². The minimum absolute atomic E-state index is 0.245. The lowest BCUT2D eigenvalue weighted by molar-refractivity contribution is 0.303. The third kappa shape index (κ3) is 6.08. The summed E-state index contributed by atoms with van der Waals surface area (Å²) in [5, 5.41) is 4.47. The molecule has 4 nitrogen and oxygen atoms in total. The average molecular weight is 457 g/mol. The Kier molecular flexibility index (Phi) is 7.72. The van der Waals surface area contributed by atoms with Gasteiger partial charge in [0.15, 0.2) is 5.82 Å². The van der Waals surface area contributed by atoms with Gasteiger partial charge in [0.2, 0.25) is 0 Å². The van der Waals surface area contributed by atoms with Crippen LogP contribution in [0.5, 0.6) is 0 Å². The van der Waals surface area contributed by atoms with Crippen molar-refractivity contribution in [3.8, 4) is 0 Å². The lowest BCUT2D eigenvalue weighted by Crippen LogP contribution is -2.25.